The average molecular weight is 292 g/mol. The van der Waals surface area contributed by atoms with Gasteiger partial charge in [-0.3, -0.25) is 4.79 Å². The Bertz CT molecular complexity index is 662. The first-order chi connectivity index (χ1) is 9.58. The zero-order chi connectivity index (χ0) is 14.5. The van der Waals surface area contributed by atoms with Crippen molar-refractivity contribution in [3.8, 4) is 0 Å². The number of carboxylic acid groups (broad SMARTS) is 1. The molecule has 0 radical (unpaired) electrons. The molecule has 0 aliphatic heterocycles. The first-order valence-corrected chi connectivity index (χ1v) is 6.00. The molecule has 0 atom stereocenters. The molecule has 102 valence electrons. The number of carboxylic acids is 1. The number of furan rings is 1. The van der Waals surface area contributed by atoms with E-state index in [2.05, 4.69) is 5.32 Å². The van der Waals surface area contributed by atoms with Gasteiger partial charge in [0.2, 0.25) is 5.91 Å². The van der Waals surface area contributed by atoms with E-state index in [-0.39, 0.29) is 16.3 Å². The van der Waals surface area contributed by atoms with Crippen LogP contribution in [0.2, 0.25) is 5.02 Å². The zero-order valence-corrected chi connectivity index (χ0v) is 10.9. The van der Waals surface area contributed by atoms with Crippen LogP contribution in [0.25, 0.3) is 6.08 Å². The Balaban J connectivity index is 2.18. The molecule has 6 heteroatoms. The summed E-state index contributed by atoms with van der Waals surface area (Å²) < 4.78 is 5.03. The molecule has 1 aromatic carbocycles. The number of rotatable bonds is 4. The minimum absolute atomic E-state index is 0.0655. The fourth-order valence-electron chi connectivity index (χ4n) is 1.54. The number of hydrogen-bond donors (Lipinski definition) is 2. The van der Waals surface area contributed by atoms with Crippen LogP contribution in [0.5, 0.6) is 0 Å². The number of anilines is 1. The lowest BCUT2D eigenvalue weighted by molar-refractivity contribution is -0.111. The third-order valence-corrected chi connectivity index (χ3v) is 2.75. The van der Waals surface area contributed by atoms with Crippen LogP contribution in [0.3, 0.4) is 0 Å². The van der Waals surface area contributed by atoms with Crippen LogP contribution in [0.4, 0.5) is 5.69 Å². The second-order valence-corrected chi connectivity index (χ2v) is 4.21. The molecule has 2 aromatic rings. The minimum Gasteiger partial charge on any atom is -0.478 e. The summed E-state index contributed by atoms with van der Waals surface area (Å²) in [5.41, 5.74) is -0.00647. The van der Waals surface area contributed by atoms with E-state index in [1.807, 2.05) is 0 Å². The van der Waals surface area contributed by atoms with E-state index in [1.54, 1.807) is 12.1 Å². The van der Waals surface area contributed by atoms with Crippen molar-refractivity contribution in [3.63, 3.8) is 0 Å². The summed E-state index contributed by atoms with van der Waals surface area (Å²) in [6, 6.07) is 7.73. The summed E-state index contributed by atoms with van der Waals surface area (Å²) >= 11 is 5.90. The number of carbonyl (C=O) groups is 2. The van der Waals surface area contributed by atoms with Gasteiger partial charge in [-0.05, 0) is 30.3 Å². The van der Waals surface area contributed by atoms with Gasteiger partial charge in [0.25, 0.3) is 0 Å². The summed E-state index contributed by atoms with van der Waals surface area (Å²) in [6.45, 7) is 0. The monoisotopic (exact) mass is 291 g/mol. The Labute approximate surface area is 119 Å². The second kappa shape index (κ2) is 6.08. The van der Waals surface area contributed by atoms with E-state index in [9.17, 15) is 9.59 Å². The van der Waals surface area contributed by atoms with E-state index < -0.39 is 11.9 Å². The highest BCUT2D eigenvalue weighted by Gasteiger charge is 2.14. The highest BCUT2D eigenvalue weighted by molar-refractivity contribution is 6.34. The maximum Gasteiger partial charge on any atom is 0.337 e. The molecule has 0 spiro atoms. The van der Waals surface area contributed by atoms with Crippen LogP contribution in [0.1, 0.15) is 16.1 Å². The SMILES string of the molecule is O=C(/C=C/c1ccco1)Nc1c(Cl)cccc1C(=O)O. The molecule has 20 heavy (non-hydrogen) atoms. The number of amides is 1. The van der Waals surface area contributed by atoms with Crippen LogP contribution in [-0.2, 0) is 4.79 Å². The molecule has 5 nitrogen and oxygen atoms in total. The average Bonchev–Trinajstić information content (AvgIpc) is 2.91. The number of aromatic carboxylic acids is 1. The standard InChI is InChI=1S/C14H10ClNO4/c15-11-5-1-4-10(14(18)19)13(11)16-12(17)7-6-9-3-2-8-20-9/h1-8H,(H,16,17)(H,18,19)/b7-6+. The Morgan fingerprint density at radius 1 is 1.25 bits per heavy atom. The van der Waals surface area contributed by atoms with Gasteiger partial charge in [0.05, 0.1) is 22.5 Å². The van der Waals surface area contributed by atoms with Crippen LogP contribution < -0.4 is 5.32 Å². The smallest absolute Gasteiger partial charge is 0.337 e. The molecule has 1 amide bonds. The molecule has 0 unspecified atom stereocenters. The van der Waals surface area contributed by atoms with Gasteiger partial charge in [-0.25, -0.2) is 4.79 Å². The third-order valence-electron chi connectivity index (χ3n) is 2.43. The number of para-hydroxylation sites is 1. The van der Waals surface area contributed by atoms with Gasteiger partial charge in [-0.15, -0.1) is 0 Å². The Kier molecular flexibility index (Phi) is 4.22. The summed E-state index contributed by atoms with van der Waals surface area (Å²) in [5, 5.41) is 11.6. The second-order valence-electron chi connectivity index (χ2n) is 3.81. The van der Waals surface area contributed by atoms with E-state index >= 15 is 0 Å². The van der Waals surface area contributed by atoms with E-state index in [0.29, 0.717) is 5.76 Å². The van der Waals surface area contributed by atoms with Gasteiger partial charge < -0.3 is 14.8 Å². The van der Waals surface area contributed by atoms with Crippen molar-refractivity contribution in [2.45, 2.75) is 0 Å². The van der Waals surface area contributed by atoms with Crippen LogP contribution >= 0.6 is 11.6 Å². The third kappa shape index (κ3) is 3.27. The summed E-state index contributed by atoms with van der Waals surface area (Å²) in [5.74, 6) is -1.16. The summed E-state index contributed by atoms with van der Waals surface area (Å²) in [7, 11) is 0. The van der Waals surface area contributed by atoms with Crippen molar-refractivity contribution >= 4 is 35.2 Å². The Morgan fingerprint density at radius 3 is 2.70 bits per heavy atom. The Hall–Kier alpha value is -2.53. The highest BCUT2D eigenvalue weighted by atomic mass is 35.5. The largest absolute Gasteiger partial charge is 0.478 e. The molecule has 0 saturated carbocycles. The highest BCUT2D eigenvalue weighted by Crippen LogP contribution is 2.26. The van der Waals surface area contributed by atoms with E-state index in [1.165, 1.54) is 36.6 Å². The molecule has 2 rings (SSSR count). The maximum atomic E-state index is 11.7. The number of nitrogens with one attached hydrogen (secondary N) is 1. The van der Waals surface area contributed by atoms with Crippen molar-refractivity contribution < 1.29 is 19.1 Å². The molecule has 1 aromatic heterocycles. The van der Waals surface area contributed by atoms with Crippen LogP contribution in [-0.4, -0.2) is 17.0 Å². The van der Waals surface area contributed by atoms with Crippen molar-refractivity contribution in [1.29, 1.82) is 0 Å². The zero-order valence-electron chi connectivity index (χ0n) is 10.2. The van der Waals surface area contributed by atoms with Gasteiger partial charge in [-0.2, -0.15) is 0 Å². The predicted octanol–water partition coefficient (Wildman–Crippen LogP) is 3.28. The first-order valence-electron chi connectivity index (χ1n) is 5.62. The lowest BCUT2D eigenvalue weighted by Gasteiger charge is -2.08. The molecule has 1 heterocycles. The molecule has 0 aliphatic carbocycles. The summed E-state index contributed by atoms with van der Waals surface area (Å²) in [6.07, 6.45) is 4.18. The van der Waals surface area contributed by atoms with Crippen molar-refractivity contribution in [3.05, 3.63) is 59.0 Å². The number of benzene rings is 1. The van der Waals surface area contributed by atoms with Crippen molar-refractivity contribution in [1.82, 2.24) is 0 Å². The first kappa shape index (κ1) is 13.9. The minimum atomic E-state index is -1.17. The predicted molar refractivity (Wildman–Crippen MR) is 74.8 cm³/mol. The van der Waals surface area contributed by atoms with Gasteiger partial charge in [0.1, 0.15) is 5.76 Å². The molecule has 0 aliphatic rings. The van der Waals surface area contributed by atoms with Crippen molar-refractivity contribution in [2.24, 2.45) is 0 Å². The van der Waals surface area contributed by atoms with Gasteiger partial charge in [-0.1, -0.05) is 17.7 Å². The number of halogens is 1. The number of hydrogen-bond acceptors (Lipinski definition) is 3. The van der Waals surface area contributed by atoms with Gasteiger partial charge >= 0.3 is 5.97 Å². The van der Waals surface area contributed by atoms with Gasteiger partial charge in [0.15, 0.2) is 0 Å². The van der Waals surface area contributed by atoms with E-state index in [4.69, 9.17) is 21.1 Å². The maximum absolute atomic E-state index is 11.7. The lowest BCUT2D eigenvalue weighted by atomic mass is 10.1. The molecule has 0 bridgehead atoms. The molecule has 2 N–H and O–H groups in total. The van der Waals surface area contributed by atoms with Crippen LogP contribution in [0.15, 0.2) is 47.1 Å². The quantitative estimate of drug-likeness (QED) is 0.847. The summed E-state index contributed by atoms with van der Waals surface area (Å²) in [4.78, 5) is 22.8. The van der Waals surface area contributed by atoms with Crippen LogP contribution in [0, 0.1) is 0 Å². The fraction of sp³-hybridized carbons (Fsp3) is 0. The molecular weight excluding hydrogens is 282 g/mol. The lowest BCUT2D eigenvalue weighted by Crippen LogP contribution is -2.12. The normalized spacial score (nSPS) is 10.7. The van der Waals surface area contributed by atoms with Gasteiger partial charge in [0, 0.05) is 6.08 Å². The molecular formula is C14H10ClNO4. The molecule has 0 fully saturated rings. The van der Waals surface area contributed by atoms with Crippen molar-refractivity contribution in [2.75, 3.05) is 5.32 Å². The number of carbonyl (C=O) groups excluding carboxylic acids is 1. The Morgan fingerprint density at radius 2 is 2.05 bits per heavy atom. The molecule has 0 saturated heterocycles. The topological polar surface area (TPSA) is 79.5 Å². The fourth-order valence-corrected chi connectivity index (χ4v) is 1.76. The van der Waals surface area contributed by atoms with E-state index in [0.717, 1.165) is 0 Å².